The first-order chi connectivity index (χ1) is 8.33. The molecule has 2 N–H and O–H groups in total. The van der Waals surface area contributed by atoms with Gasteiger partial charge in [0, 0.05) is 30.9 Å². The van der Waals surface area contributed by atoms with Crippen LogP contribution in [-0.2, 0) is 13.1 Å². The molecule has 17 heavy (non-hydrogen) atoms. The average molecular weight is 238 g/mol. The number of hydrogen-bond acceptors (Lipinski definition) is 4. The van der Waals surface area contributed by atoms with Gasteiger partial charge in [-0.3, -0.25) is 9.58 Å². The van der Waals surface area contributed by atoms with E-state index in [4.69, 9.17) is 5.11 Å². The fraction of sp³-hybridized carbons (Fsp3) is 0.750. The maximum atomic E-state index is 8.85. The number of nitrogens with one attached hydrogen (secondary N) is 1. The Hall–Kier alpha value is -0.910. The van der Waals surface area contributed by atoms with Gasteiger partial charge in [0.1, 0.15) is 0 Å². The van der Waals surface area contributed by atoms with Gasteiger partial charge in [-0.1, -0.05) is 0 Å². The summed E-state index contributed by atoms with van der Waals surface area (Å²) < 4.78 is 1.80. The predicted molar refractivity (Wildman–Crippen MR) is 66.7 cm³/mol. The molecule has 1 aromatic heterocycles. The van der Waals surface area contributed by atoms with Gasteiger partial charge in [0.15, 0.2) is 0 Å². The maximum absolute atomic E-state index is 8.85. The van der Waals surface area contributed by atoms with E-state index in [0.29, 0.717) is 12.6 Å². The SMILES string of the molecule is CNCC1CCCN1Cc1cnn(CCO)c1. The number of likely N-dealkylation sites (N-methyl/N-ethyl adjacent to an activating group) is 1. The summed E-state index contributed by atoms with van der Waals surface area (Å²) in [7, 11) is 2.01. The molecule has 2 rings (SSSR count). The van der Waals surface area contributed by atoms with Gasteiger partial charge in [-0.2, -0.15) is 5.10 Å². The van der Waals surface area contributed by atoms with Crippen LogP contribution in [0, 0.1) is 0 Å². The Morgan fingerprint density at radius 3 is 3.24 bits per heavy atom. The monoisotopic (exact) mass is 238 g/mol. The molecule has 1 unspecified atom stereocenters. The van der Waals surface area contributed by atoms with Gasteiger partial charge in [0.05, 0.1) is 19.3 Å². The van der Waals surface area contributed by atoms with Crippen LogP contribution in [0.4, 0.5) is 0 Å². The van der Waals surface area contributed by atoms with E-state index < -0.39 is 0 Å². The molecule has 0 radical (unpaired) electrons. The average Bonchev–Trinajstić information content (AvgIpc) is 2.91. The van der Waals surface area contributed by atoms with Gasteiger partial charge in [0.25, 0.3) is 0 Å². The van der Waals surface area contributed by atoms with Crippen LogP contribution < -0.4 is 5.32 Å². The van der Waals surface area contributed by atoms with Crippen LogP contribution >= 0.6 is 0 Å². The lowest BCUT2D eigenvalue weighted by atomic mass is 10.2. The van der Waals surface area contributed by atoms with E-state index in [1.54, 1.807) is 4.68 Å². The highest BCUT2D eigenvalue weighted by molar-refractivity contribution is 5.04. The first-order valence-electron chi connectivity index (χ1n) is 6.34. The van der Waals surface area contributed by atoms with Crippen LogP contribution in [0.2, 0.25) is 0 Å². The van der Waals surface area contributed by atoms with Crippen LogP contribution in [0.5, 0.6) is 0 Å². The molecule has 0 bridgehead atoms. The Labute approximate surface area is 102 Å². The normalized spacial score (nSPS) is 21.2. The lowest BCUT2D eigenvalue weighted by Gasteiger charge is -2.23. The third kappa shape index (κ3) is 3.28. The van der Waals surface area contributed by atoms with Crippen molar-refractivity contribution in [1.29, 1.82) is 0 Å². The minimum atomic E-state index is 0.146. The van der Waals surface area contributed by atoms with Crippen molar-refractivity contribution in [2.24, 2.45) is 0 Å². The highest BCUT2D eigenvalue weighted by atomic mass is 16.3. The number of aliphatic hydroxyl groups is 1. The summed E-state index contributed by atoms with van der Waals surface area (Å²) in [5.41, 5.74) is 1.24. The molecule has 1 aliphatic heterocycles. The molecule has 96 valence electrons. The largest absolute Gasteiger partial charge is 0.394 e. The van der Waals surface area contributed by atoms with Gasteiger partial charge in [-0.05, 0) is 26.4 Å². The first kappa shape index (κ1) is 12.5. The Morgan fingerprint density at radius 2 is 2.47 bits per heavy atom. The number of hydrogen-bond donors (Lipinski definition) is 2. The van der Waals surface area contributed by atoms with E-state index in [0.717, 1.165) is 13.1 Å². The Balaban J connectivity index is 1.90. The molecule has 1 aliphatic rings. The van der Waals surface area contributed by atoms with E-state index in [-0.39, 0.29) is 6.61 Å². The lowest BCUT2D eigenvalue weighted by Crippen LogP contribution is -2.36. The van der Waals surface area contributed by atoms with E-state index in [1.165, 1.54) is 24.9 Å². The van der Waals surface area contributed by atoms with Crippen molar-refractivity contribution in [3.05, 3.63) is 18.0 Å². The van der Waals surface area contributed by atoms with Crippen LogP contribution in [-0.4, -0.2) is 52.6 Å². The molecule has 1 atom stereocenters. The lowest BCUT2D eigenvalue weighted by molar-refractivity contribution is 0.242. The summed E-state index contributed by atoms with van der Waals surface area (Å²) in [6.07, 6.45) is 6.51. The number of aliphatic hydroxyl groups excluding tert-OH is 1. The van der Waals surface area contributed by atoms with Crippen molar-refractivity contribution in [1.82, 2.24) is 20.0 Å². The van der Waals surface area contributed by atoms with Crippen molar-refractivity contribution >= 4 is 0 Å². The van der Waals surface area contributed by atoms with E-state index in [9.17, 15) is 0 Å². The van der Waals surface area contributed by atoms with Gasteiger partial charge in [0.2, 0.25) is 0 Å². The third-order valence-corrected chi connectivity index (χ3v) is 3.34. The molecule has 1 fully saturated rings. The van der Waals surface area contributed by atoms with Crippen LogP contribution in [0.15, 0.2) is 12.4 Å². The molecule has 0 aliphatic carbocycles. The van der Waals surface area contributed by atoms with Gasteiger partial charge in [-0.25, -0.2) is 0 Å². The maximum Gasteiger partial charge on any atom is 0.0640 e. The standard InChI is InChI=1S/C12H22N4O/c1-13-8-12-3-2-4-15(12)9-11-7-14-16(10-11)5-6-17/h7,10,12-13,17H,2-6,8-9H2,1H3. The van der Waals surface area contributed by atoms with Crippen molar-refractivity contribution in [3.8, 4) is 0 Å². The van der Waals surface area contributed by atoms with Gasteiger partial charge >= 0.3 is 0 Å². The molecule has 0 amide bonds. The molecule has 0 aromatic carbocycles. The van der Waals surface area contributed by atoms with Crippen molar-refractivity contribution in [2.75, 3.05) is 26.7 Å². The number of likely N-dealkylation sites (tertiary alicyclic amines) is 1. The molecule has 0 saturated carbocycles. The Bertz CT molecular complexity index is 339. The molecule has 5 heteroatoms. The Morgan fingerprint density at radius 1 is 1.59 bits per heavy atom. The molecular weight excluding hydrogens is 216 g/mol. The van der Waals surface area contributed by atoms with Crippen LogP contribution in [0.1, 0.15) is 18.4 Å². The Kier molecular flexibility index (Phi) is 4.53. The zero-order chi connectivity index (χ0) is 12.1. The zero-order valence-corrected chi connectivity index (χ0v) is 10.5. The van der Waals surface area contributed by atoms with E-state index in [2.05, 4.69) is 15.3 Å². The second-order valence-corrected chi connectivity index (χ2v) is 4.66. The highest BCUT2D eigenvalue weighted by Gasteiger charge is 2.23. The summed E-state index contributed by atoms with van der Waals surface area (Å²) in [4.78, 5) is 2.51. The number of nitrogens with zero attached hydrogens (tertiary/aromatic N) is 3. The fourth-order valence-corrected chi connectivity index (χ4v) is 2.52. The van der Waals surface area contributed by atoms with Crippen LogP contribution in [0.3, 0.4) is 0 Å². The van der Waals surface area contributed by atoms with Crippen molar-refractivity contribution in [3.63, 3.8) is 0 Å². The fourth-order valence-electron chi connectivity index (χ4n) is 2.52. The second-order valence-electron chi connectivity index (χ2n) is 4.66. The highest BCUT2D eigenvalue weighted by Crippen LogP contribution is 2.19. The zero-order valence-electron chi connectivity index (χ0n) is 10.5. The predicted octanol–water partition coefficient (Wildman–Crippen LogP) is 0.0592. The molecule has 0 spiro atoms. The van der Waals surface area contributed by atoms with Gasteiger partial charge in [-0.15, -0.1) is 0 Å². The number of aromatic nitrogens is 2. The molecule has 2 heterocycles. The quantitative estimate of drug-likeness (QED) is 0.736. The van der Waals surface area contributed by atoms with Crippen molar-refractivity contribution in [2.45, 2.75) is 32.0 Å². The summed E-state index contributed by atoms with van der Waals surface area (Å²) in [6.45, 7) is 3.94. The van der Waals surface area contributed by atoms with Gasteiger partial charge < -0.3 is 10.4 Å². The first-order valence-corrected chi connectivity index (χ1v) is 6.34. The number of rotatable bonds is 6. The molecular formula is C12H22N4O. The topological polar surface area (TPSA) is 53.3 Å². The third-order valence-electron chi connectivity index (χ3n) is 3.34. The van der Waals surface area contributed by atoms with Crippen molar-refractivity contribution < 1.29 is 5.11 Å². The molecule has 1 aromatic rings. The minimum absolute atomic E-state index is 0.146. The van der Waals surface area contributed by atoms with E-state index >= 15 is 0 Å². The van der Waals surface area contributed by atoms with E-state index in [1.807, 2.05) is 19.4 Å². The second kappa shape index (κ2) is 6.14. The molecule has 1 saturated heterocycles. The summed E-state index contributed by atoms with van der Waals surface area (Å²) in [5, 5.41) is 16.3. The summed E-state index contributed by atoms with van der Waals surface area (Å²) in [6, 6.07) is 0.654. The smallest absolute Gasteiger partial charge is 0.0640 e. The summed E-state index contributed by atoms with van der Waals surface area (Å²) >= 11 is 0. The summed E-state index contributed by atoms with van der Waals surface area (Å²) in [5.74, 6) is 0. The minimum Gasteiger partial charge on any atom is -0.394 e. The van der Waals surface area contributed by atoms with Crippen LogP contribution in [0.25, 0.3) is 0 Å². The molecule has 5 nitrogen and oxygen atoms in total.